The van der Waals surface area contributed by atoms with Crippen LogP contribution in [0.3, 0.4) is 0 Å². The highest BCUT2D eigenvalue weighted by molar-refractivity contribution is 8.87. The van der Waals surface area contributed by atoms with Gasteiger partial charge in [0, 0.05) is 0 Å². The van der Waals surface area contributed by atoms with E-state index in [4.69, 9.17) is 0 Å². The van der Waals surface area contributed by atoms with E-state index in [9.17, 15) is 0 Å². The largest absolute Gasteiger partial charge is 0.201 e. The zero-order valence-corrected chi connectivity index (χ0v) is 7.69. The quantitative estimate of drug-likeness (QED) is 0.466. The molecule has 0 atom stereocenters. The maximum atomic E-state index is 4.47. The van der Waals surface area contributed by atoms with Crippen LogP contribution in [0.4, 0.5) is 0 Å². The Morgan fingerprint density at radius 2 is 1.88 bits per heavy atom. The molecule has 0 unspecified atom stereocenters. The molecule has 0 aliphatic heterocycles. The van der Waals surface area contributed by atoms with Gasteiger partial charge in [-0.25, -0.2) is 9.06 Å². The summed E-state index contributed by atoms with van der Waals surface area (Å²) in [6.07, 6.45) is 7.13. The molecule has 0 amide bonds. The molecule has 2 heteroatoms. The molecular formula is C6H16S2. The molecule has 0 rings (SSSR count). The summed E-state index contributed by atoms with van der Waals surface area (Å²) in [5.41, 5.74) is 0. The molecule has 0 bridgehead atoms. The van der Waals surface area contributed by atoms with Crippen molar-refractivity contribution in [3.05, 3.63) is 0 Å². The van der Waals surface area contributed by atoms with Crippen LogP contribution >= 0.6 is 20.7 Å². The third kappa shape index (κ3) is 6.70. The number of rotatable bonds is 3. The fourth-order valence-corrected chi connectivity index (χ4v) is 1.88. The molecule has 0 saturated heterocycles. The van der Waals surface area contributed by atoms with Crippen molar-refractivity contribution in [1.29, 1.82) is 0 Å². The van der Waals surface area contributed by atoms with Gasteiger partial charge in [-0.2, -0.15) is 0 Å². The highest BCUT2D eigenvalue weighted by Gasteiger charge is 2.01. The Morgan fingerprint density at radius 3 is 2.00 bits per heavy atom. The molecular weight excluding hydrogens is 136 g/mol. The van der Waals surface area contributed by atoms with Crippen LogP contribution in [-0.2, 0) is 0 Å². The zero-order valence-electron chi connectivity index (χ0n) is 5.98. The predicted molar refractivity (Wildman–Crippen MR) is 48.2 cm³/mol. The number of thiol groups is 1. The SMILES string of the molecule is CCCCS(C)(C)S. The average molecular weight is 152 g/mol. The van der Waals surface area contributed by atoms with Crippen molar-refractivity contribution in [2.45, 2.75) is 19.8 Å². The van der Waals surface area contributed by atoms with Crippen LogP contribution < -0.4 is 0 Å². The molecule has 0 nitrogen and oxygen atoms in total. The lowest BCUT2D eigenvalue weighted by atomic mass is 10.4. The first-order chi connectivity index (χ1) is 3.56. The molecule has 0 N–H and O–H groups in total. The van der Waals surface area contributed by atoms with E-state index in [1.807, 2.05) is 0 Å². The summed E-state index contributed by atoms with van der Waals surface area (Å²) < 4.78 is 0. The van der Waals surface area contributed by atoms with E-state index in [-0.39, 0.29) is 0 Å². The smallest absolute Gasteiger partial charge is 0.0149 e. The van der Waals surface area contributed by atoms with Gasteiger partial charge in [0.25, 0.3) is 0 Å². The van der Waals surface area contributed by atoms with Crippen molar-refractivity contribution in [3.8, 4) is 0 Å². The van der Waals surface area contributed by atoms with Crippen LogP contribution in [0.2, 0.25) is 0 Å². The third-order valence-electron chi connectivity index (χ3n) is 0.997. The lowest BCUT2D eigenvalue weighted by Crippen LogP contribution is -1.91. The number of hydrogen-bond acceptors (Lipinski definition) is 1. The van der Waals surface area contributed by atoms with Crippen LogP contribution in [0.15, 0.2) is 0 Å². The summed E-state index contributed by atoms with van der Waals surface area (Å²) in [6, 6.07) is 0. The first kappa shape index (κ1) is 8.70. The molecule has 0 radical (unpaired) electrons. The average Bonchev–Trinajstić information content (AvgIpc) is 1.59. The number of hydrogen-bond donors (Lipinski definition) is 1. The number of unbranched alkanes of at least 4 members (excludes halogenated alkanes) is 1. The molecule has 0 fully saturated rings. The van der Waals surface area contributed by atoms with E-state index in [1.165, 1.54) is 18.6 Å². The van der Waals surface area contributed by atoms with E-state index in [0.717, 1.165) is 0 Å². The summed E-state index contributed by atoms with van der Waals surface area (Å²) in [7, 11) is -0.492. The Morgan fingerprint density at radius 1 is 1.38 bits per heavy atom. The Bertz CT molecular complexity index is 54.0. The van der Waals surface area contributed by atoms with Crippen molar-refractivity contribution in [3.63, 3.8) is 0 Å². The van der Waals surface area contributed by atoms with Gasteiger partial charge in [-0.3, -0.25) is 0 Å². The van der Waals surface area contributed by atoms with Crippen LogP contribution in [0.25, 0.3) is 0 Å². The van der Waals surface area contributed by atoms with Gasteiger partial charge < -0.3 is 0 Å². The summed E-state index contributed by atoms with van der Waals surface area (Å²) >= 11 is 4.47. The van der Waals surface area contributed by atoms with Crippen LogP contribution in [-0.4, -0.2) is 18.3 Å². The standard InChI is InChI=1S/C6H16S2/c1-4-5-6-8(2,3)7/h7H,4-6H2,1-3H3. The molecule has 0 saturated carbocycles. The highest BCUT2D eigenvalue weighted by Crippen LogP contribution is 2.45. The Kier molecular flexibility index (Phi) is 4.00. The van der Waals surface area contributed by atoms with Crippen LogP contribution in [0.1, 0.15) is 19.8 Å². The molecule has 0 spiro atoms. The minimum Gasteiger partial charge on any atom is -0.201 e. The van der Waals surface area contributed by atoms with Crippen LogP contribution in [0, 0.1) is 0 Å². The second kappa shape index (κ2) is 3.67. The first-order valence-electron chi connectivity index (χ1n) is 2.99. The van der Waals surface area contributed by atoms with Gasteiger partial charge in [0.05, 0.1) is 0 Å². The molecule has 0 heterocycles. The third-order valence-corrected chi connectivity index (χ3v) is 2.83. The fraction of sp³-hybridized carbons (Fsp3) is 1.00. The normalized spacial score (nSPS) is 14.0. The predicted octanol–water partition coefficient (Wildman–Crippen LogP) is 2.70. The van der Waals surface area contributed by atoms with E-state index >= 15 is 0 Å². The Hall–Kier alpha value is 0.700. The van der Waals surface area contributed by atoms with Gasteiger partial charge in [-0.05, 0) is 24.7 Å². The maximum absolute atomic E-state index is 4.47. The monoisotopic (exact) mass is 152 g/mol. The summed E-state index contributed by atoms with van der Waals surface area (Å²) in [4.78, 5) is 0. The minimum absolute atomic E-state index is 0.492. The summed E-state index contributed by atoms with van der Waals surface area (Å²) in [6.45, 7) is 2.22. The van der Waals surface area contributed by atoms with Gasteiger partial charge in [-0.1, -0.05) is 13.3 Å². The van der Waals surface area contributed by atoms with Gasteiger partial charge >= 0.3 is 0 Å². The first-order valence-corrected chi connectivity index (χ1v) is 6.67. The molecule has 8 heavy (non-hydrogen) atoms. The molecule has 0 aromatic rings. The van der Waals surface area contributed by atoms with Crippen molar-refractivity contribution in [2.75, 3.05) is 18.3 Å². The van der Waals surface area contributed by atoms with E-state index in [2.05, 4.69) is 31.1 Å². The summed E-state index contributed by atoms with van der Waals surface area (Å²) in [5, 5.41) is 0. The lowest BCUT2D eigenvalue weighted by molar-refractivity contribution is 0.895. The van der Waals surface area contributed by atoms with E-state index in [1.54, 1.807) is 0 Å². The van der Waals surface area contributed by atoms with Crippen LogP contribution in [0.5, 0.6) is 0 Å². The Labute approximate surface area is 59.2 Å². The maximum Gasteiger partial charge on any atom is -0.0149 e. The second-order valence-electron chi connectivity index (χ2n) is 2.54. The van der Waals surface area contributed by atoms with Crippen molar-refractivity contribution < 1.29 is 0 Å². The van der Waals surface area contributed by atoms with Gasteiger partial charge in [0.1, 0.15) is 0 Å². The second-order valence-corrected chi connectivity index (χ2v) is 8.87. The van der Waals surface area contributed by atoms with E-state index < -0.39 is 9.06 Å². The molecule has 0 aromatic heterocycles. The van der Waals surface area contributed by atoms with Crippen molar-refractivity contribution >= 4 is 20.7 Å². The lowest BCUT2D eigenvalue weighted by Gasteiger charge is -2.22. The molecule has 0 aliphatic carbocycles. The molecule has 0 aromatic carbocycles. The van der Waals surface area contributed by atoms with Crippen molar-refractivity contribution in [1.82, 2.24) is 0 Å². The minimum atomic E-state index is -0.492. The molecule has 52 valence electrons. The topological polar surface area (TPSA) is 0 Å². The van der Waals surface area contributed by atoms with Crippen molar-refractivity contribution in [2.24, 2.45) is 0 Å². The van der Waals surface area contributed by atoms with Gasteiger partial charge in [0.2, 0.25) is 0 Å². The van der Waals surface area contributed by atoms with Gasteiger partial charge in [0.15, 0.2) is 0 Å². The Balaban J connectivity index is 3.11. The molecule has 0 aliphatic rings. The van der Waals surface area contributed by atoms with Gasteiger partial charge in [-0.15, -0.1) is 11.7 Å². The zero-order chi connectivity index (χ0) is 6.62. The highest BCUT2D eigenvalue weighted by atomic mass is 33.1. The van der Waals surface area contributed by atoms with E-state index in [0.29, 0.717) is 0 Å². The fourth-order valence-electron chi connectivity index (χ4n) is 0.498. The summed E-state index contributed by atoms with van der Waals surface area (Å²) in [5.74, 6) is 1.31.